The number of nitrogens with one attached hydrogen (secondary N) is 2. The van der Waals surface area contributed by atoms with Crippen LogP contribution in [0.15, 0.2) is 23.2 Å². The lowest BCUT2D eigenvalue weighted by Crippen LogP contribution is -2.38. The molecular formula is C15H23FIN3O2S. The highest BCUT2D eigenvalue weighted by Crippen LogP contribution is 2.28. The smallest absolute Gasteiger partial charge is 0.191 e. The number of hydrogen-bond acceptors (Lipinski definition) is 3. The van der Waals surface area contributed by atoms with Crippen molar-refractivity contribution in [3.63, 3.8) is 0 Å². The Balaban J connectivity index is 0.00000264. The molecule has 8 heteroatoms. The molecule has 2 atom stereocenters. The number of hydrogen-bond donors (Lipinski definition) is 2. The van der Waals surface area contributed by atoms with Crippen molar-refractivity contribution in [1.82, 2.24) is 10.6 Å². The van der Waals surface area contributed by atoms with Gasteiger partial charge in [-0.05, 0) is 35.6 Å². The zero-order valence-electron chi connectivity index (χ0n) is 13.5. The van der Waals surface area contributed by atoms with Gasteiger partial charge in [0.25, 0.3) is 0 Å². The summed E-state index contributed by atoms with van der Waals surface area (Å²) in [4.78, 5) is 4.13. The maximum atomic E-state index is 13.4. The lowest BCUT2D eigenvalue weighted by molar-refractivity contribution is 0.599. The van der Waals surface area contributed by atoms with Gasteiger partial charge in [-0.1, -0.05) is 13.0 Å². The first-order chi connectivity index (χ1) is 10.3. The summed E-state index contributed by atoms with van der Waals surface area (Å²) in [5.74, 6) is 0.793. The standard InChI is InChI=1S/C15H22FN3O2S.HI/c1-10-6-14(10)19-15(17-2)18-8-12-7-13(16)5-4-11(12)9-22(3,20)21;/h4-5,7,10,14H,6,8-9H2,1-3H3,(H2,17,18,19);1H. The SMILES string of the molecule is CN=C(NCc1cc(F)ccc1CS(C)(=O)=O)NC1CC1C.I. The van der Waals surface area contributed by atoms with Gasteiger partial charge >= 0.3 is 0 Å². The van der Waals surface area contributed by atoms with Crippen LogP contribution < -0.4 is 10.6 Å². The summed E-state index contributed by atoms with van der Waals surface area (Å²) in [6.45, 7) is 2.48. The third kappa shape index (κ3) is 6.62. The van der Waals surface area contributed by atoms with Crippen molar-refractivity contribution in [2.24, 2.45) is 10.9 Å². The number of benzene rings is 1. The molecular weight excluding hydrogens is 432 g/mol. The van der Waals surface area contributed by atoms with Crippen LogP contribution in [0.25, 0.3) is 0 Å². The van der Waals surface area contributed by atoms with E-state index >= 15 is 0 Å². The minimum Gasteiger partial charge on any atom is -0.353 e. The van der Waals surface area contributed by atoms with Gasteiger partial charge in [-0.3, -0.25) is 4.99 Å². The van der Waals surface area contributed by atoms with Gasteiger partial charge in [-0.15, -0.1) is 24.0 Å². The Morgan fingerprint density at radius 2 is 2.04 bits per heavy atom. The predicted octanol–water partition coefficient (Wildman–Crippen LogP) is 2.06. The molecule has 1 aromatic rings. The molecule has 0 bridgehead atoms. The van der Waals surface area contributed by atoms with Crippen molar-refractivity contribution >= 4 is 39.8 Å². The van der Waals surface area contributed by atoms with Crippen LogP contribution >= 0.6 is 24.0 Å². The molecule has 1 aliphatic rings. The molecule has 5 nitrogen and oxygen atoms in total. The third-order valence-corrected chi connectivity index (χ3v) is 4.52. The summed E-state index contributed by atoms with van der Waals surface area (Å²) in [7, 11) is -1.50. The number of nitrogens with zero attached hydrogens (tertiary/aromatic N) is 1. The van der Waals surface area contributed by atoms with Crippen molar-refractivity contribution in [3.05, 3.63) is 35.1 Å². The van der Waals surface area contributed by atoms with Gasteiger partial charge in [0, 0.05) is 25.9 Å². The van der Waals surface area contributed by atoms with E-state index < -0.39 is 9.84 Å². The van der Waals surface area contributed by atoms with Gasteiger partial charge in [0.2, 0.25) is 0 Å². The Labute approximate surface area is 154 Å². The summed E-state index contributed by atoms with van der Waals surface area (Å²) in [5, 5.41) is 6.38. The highest BCUT2D eigenvalue weighted by Gasteiger charge is 2.33. The lowest BCUT2D eigenvalue weighted by atomic mass is 10.1. The summed E-state index contributed by atoms with van der Waals surface area (Å²) >= 11 is 0. The van der Waals surface area contributed by atoms with Crippen LogP contribution in [0.5, 0.6) is 0 Å². The number of sulfone groups is 1. The molecule has 0 amide bonds. The monoisotopic (exact) mass is 455 g/mol. The number of aliphatic imine (C=N–C) groups is 1. The fraction of sp³-hybridized carbons (Fsp3) is 0.533. The Hall–Kier alpha value is -0.900. The molecule has 0 saturated heterocycles. The van der Waals surface area contributed by atoms with Crippen molar-refractivity contribution < 1.29 is 12.8 Å². The van der Waals surface area contributed by atoms with Gasteiger partial charge in [0.05, 0.1) is 5.75 Å². The second-order valence-electron chi connectivity index (χ2n) is 5.87. The summed E-state index contributed by atoms with van der Waals surface area (Å²) < 4.78 is 36.4. The minimum absolute atomic E-state index is 0. The fourth-order valence-corrected chi connectivity index (χ4v) is 3.10. The second-order valence-corrected chi connectivity index (χ2v) is 8.01. The molecule has 1 saturated carbocycles. The van der Waals surface area contributed by atoms with E-state index in [9.17, 15) is 12.8 Å². The first-order valence-corrected chi connectivity index (χ1v) is 9.27. The summed E-state index contributed by atoms with van der Waals surface area (Å²) in [5.41, 5.74) is 1.23. The van der Waals surface area contributed by atoms with Crippen molar-refractivity contribution in [2.45, 2.75) is 31.7 Å². The second kappa shape index (κ2) is 8.27. The van der Waals surface area contributed by atoms with Gasteiger partial charge in [0.15, 0.2) is 15.8 Å². The van der Waals surface area contributed by atoms with E-state index in [0.29, 0.717) is 35.6 Å². The summed E-state index contributed by atoms with van der Waals surface area (Å²) in [6.07, 6.45) is 2.28. The average Bonchev–Trinajstić information content (AvgIpc) is 3.11. The van der Waals surface area contributed by atoms with E-state index in [4.69, 9.17) is 0 Å². The maximum Gasteiger partial charge on any atom is 0.191 e. The molecule has 1 aliphatic carbocycles. The normalized spacial score (nSPS) is 20.6. The van der Waals surface area contributed by atoms with Crippen LogP contribution in [0, 0.1) is 11.7 Å². The van der Waals surface area contributed by atoms with Gasteiger partial charge in [-0.2, -0.15) is 0 Å². The minimum atomic E-state index is -3.17. The van der Waals surface area contributed by atoms with Gasteiger partial charge < -0.3 is 10.6 Å². The maximum absolute atomic E-state index is 13.4. The third-order valence-electron chi connectivity index (χ3n) is 3.69. The fourth-order valence-electron chi connectivity index (χ4n) is 2.25. The Bertz CT molecular complexity index is 679. The topological polar surface area (TPSA) is 70.6 Å². The predicted molar refractivity (Wildman–Crippen MR) is 101 cm³/mol. The molecule has 1 aromatic carbocycles. The quantitative estimate of drug-likeness (QED) is 0.405. The van der Waals surface area contributed by atoms with Gasteiger partial charge in [0.1, 0.15) is 5.82 Å². The van der Waals surface area contributed by atoms with Crippen molar-refractivity contribution in [2.75, 3.05) is 13.3 Å². The largest absolute Gasteiger partial charge is 0.353 e. The molecule has 2 rings (SSSR count). The molecule has 2 unspecified atom stereocenters. The van der Waals surface area contributed by atoms with Gasteiger partial charge in [-0.25, -0.2) is 12.8 Å². The van der Waals surface area contributed by atoms with Crippen molar-refractivity contribution in [1.29, 1.82) is 0 Å². The Kier molecular flexibility index (Phi) is 7.25. The van der Waals surface area contributed by atoms with Crippen molar-refractivity contribution in [3.8, 4) is 0 Å². The van der Waals surface area contributed by atoms with E-state index in [1.54, 1.807) is 7.05 Å². The molecule has 0 heterocycles. The van der Waals surface area contributed by atoms with Crippen LogP contribution in [0.3, 0.4) is 0 Å². The number of guanidine groups is 1. The Morgan fingerprint density at radius 3 is 2.57 bits per heavy atom. The molecule has 0 radical (unpaired) electrons. The van der Waals surface area contributed by atoms with Crippen LogP contribution in [0.4, 0.5) is 4.39 Å². The number of rotatable bonds is 5. The number of halogens is 2. The highest BCUT2D eigenvalue weighted by molar-refractivity contribution is 14.0. The van der Waals surface area contributed by atoms with Crippen LogP contribution in [-0.2, 0) is 22.1 Å². The van der Waals surface area contributed by atoms with Crippen LogP contribution in [0.2, 0.25) is 0 Å². The molecule has 130 valence electrons. The van der Waals surface area contributed by atoms with E-state index in [1.165, 1.54) is 24.5 Å². The first kappa shape index (κ1) is 20.1. The molecule has 0 aromatic heterocycles. The highest BCUT2D eigenvalue weighted by atomic mass is 127. The lowest BCUT2D eigenvalue weighted by Gasteiger charge is -2.14. The van der Waals surface area contributed by atoms with E-state index in [1.807, 2.05) is 0 Å². The Morgan fingerprint density at radius 1 is 1.39 bits per heavy atom. The zero-order chi connectivity index (χ0) is 16.3. The molecule has 0 aliphatic heterocycles. The molecule has 1 fully saturated rings. The molecule has 0 spiro atoms. The zero-order valence-corrected chi connectivity index (χ0v) is 16.6. The summed E-state index contributed by atoms with van der Waals surface area (Å²) in [6, 6.07) is 4.59. The van der Waals surface area contributed by atoms with E-state index in [2.05, 4.69) is 22.5 Å². The first-order valence-electron chi connectivity index (χ1n) is 7.20. The van der Waals surface area contributed by atoms with E-state index in [0.717, 1.165) is 6.42 Å². The van der Waals surface area contributed by atoms with Crippen LogP contribution in [0.1, 0.15) is 24.5 Å². The van der Waals surface area contributed by atoms with E-state index in [-0.39, 0.29) is 35.5 Å². The van der Waals surface area contributed by atoms with Crippen LogP contribution in [-0.4, -0.2) is 33.7 Å². The molecule has 23 heavy (non-hydrogen) atoms. The average molecular weight is 455 g/mol. The molecule has 2 N–H and O–H groups in total.